The average Bonchev–Trinajstić information content (AvgIpc) is 2.79. The Hall–Kier alpha value is -1.14. The number of likely N-dealkylation sites (N-methyl/N-ethyl adjacent to an activating group) is 1. The van der Waals surface area contributed by atoms with E-state index in [1.54, 1.807) is 11.3 Å². The maximum atomic E-state index is 4.48. The van der Waals surface area contributed by atoms with Gasteiger partial charge in [0.2, 0.25) is 0 Å². The summed E-state index contributed by atoms with van der Waals surface area (Å²) < 4.78 is 0. The monoisotopic (exact) mass is 297 g/mol. The number of aliphatic imine (C=N–C) groups is 1. The molecule has 20 heavy (non-hydrogen) atoms. The fourth-order valence-corrected chi connectivity index (χ4v) is 2.39. The molecule has 5 nitrogen and oxygen atoms in total. The second-order valence-electron chi connectivity index (χ2n) is 5.26. The highest BCUT2D eigenvalue weighted by atomic mass is 32.1. The summed E-state index contributed by atoms with van der Waals surface area (Å²) in [6.45, 7) is 9.10. The van der Waals surface area contributed by atoms with E-state index in [-0.39, 0.29) is 0 Å². The maximum Gasteiger partial charge on any atom is 0.193 e. The summed E-state index contributed by atoms with van der Waals surface area (Å²) in [5.74, 6) is 0.910. The molecule has 0 aliphatic carbocycles. The molecular weight excluding hydrogens is 270 g/mol. The summed E-state index contributed by atoms with van der Waals surface area (Å²) in [6, 6.07) is 0.564. The third-order valence-corrected chi connectivity index (χ3v) is 4.09. The van der Waals surface area contributed by atoms with Crippen molar-refractivity contribution >= 4 is 17.3 Å². The first kappa shape index (κ1) is 16.9. The molecule has 0 radical (unpaired) electrons. The van der Waals surface area contributed by atoms with E-state index in [2.05, 4.69) is 51.4 Å². The average molecular weight is 297 g/mol. The zero-order chi connectivity index (χ0) is 15.1. The van der Waals surface area contributed by atoms with Crippen LogP contribution in [0.4, 0.5) is 0 Å². The van der Waals surface area contributed by atoms with Crippen molar-refractivity contribution in [3.05, 3.63) is 16.1 Å². The van der Waals surface area contributed by atoms with Gasteiger partial charge in [-0.1, -0.05) is 0 Å². The van der Waals surface area contributed by atoms with Crippen LogP contribution in [0.15, 0.2) is 10.4 Å². The van der Waals surface area contributed by atoms with Crippen molar-refractivity contribution in [1.29, 1.82) is 0 Å². The van der Waals surface area contributed by atoms with Crippen molar-refractivity contribution in [3.8, 4) is 0 Å². The van der Waals surface area contributed by atoms with Gasteiger partial charge < -0.3 is 15.1 Å². The van der Waals surface area contributed by atoms with Gasteiger partial charge in [-0.2, -0.15) is 0 Å². The number of hydrogen-bond donors (Lipinski definition) is 1. The molecule has 1 rings (SSSR count). The second kappa shape index (κ2) is 8.21. The van der Waals surface area contributed by atoms with Gasteiger partial charge in [0.1, 0.15) is 0 Å². The lowest BCUT2D eigenvalue weighted by Crippen LogP contribution is -2.42. The molecule has 1 heterocycles. The van der Waals surface area contributed by atoms with Crippen molar-refractivity contribution in [2.75, 3.05) is 34.2 Å². The summed E-state index contributed by atoms with van der Waals surface area (Å²) >= 11 is 1.69. The molecule has 0 saturated heterocycles. The molecule has 0 atom stereocenters. The summed E-state index contributed by atoms with van der Waals surface area (Å²) in [4.78, 5) is 13.2. The van der Waals surface area contributed by atoms with Crippen LogP contribution in [0.25, 0.3) is 0 Å². The largest absolute Gasteiger partial charge is 0.355 e. The van der Waals surface area contributed by atoms with Crippen LogP contribution in [0.2, 0.25) is 0 Å². The Morgan fingerprint density at radius 2 is 2.15 bits per heavy atom. The summed E-state index contributed by atoms with van der Waals surface area (Å²) in [6.07, 6.45) is 0. The predicted octanol–water partition coefficient (Wildman–Crippen LogP) is 1.80. The van der Waals surface area contributed by atoms with Gasteiger partial charge in [0.05, 0.1) is 17.2 Å². The van der Waals surface area contributed by atoms with Crippen LogP contribution in [0.5, 0.6) is 0 Å². The van der Waals surface area contributed by atoms with Gasteiger partial charge in [-0.3, -0.25) is 4.99 Å². The zero-order valence-corrected chi connectivity index (χ0v) is 14.3. The van der Waals surface area contributed by atoms with E-state index in [1.165, 1.54) is 0 Å². The Morgan fingerprint density at radius 1 is 1.45 bits per heavy atom. The lowest BCUT2D eigenvalue weighted by Gasteiger charge is -2.24. The second-order valence-corrected chi connectivity index (χ2v) is 6.32. The molecule has 0 saturated carbocycles. The lowest BCUT2D eigenvalue weighted by atomic mass is 10.3. The Balaban J connectivity index is 2.42. The Morgan fingerprint density at radius 3 is 2.65 bits per heavy atom. The van der Waals surface area contributed by atoms with Crippen LogP contribution in [0, 0.1) is 6.92 Å². The molecule has 1 aromatic heterocycles. The molecule has 114 valence electrons. The van der Waals surface area contributed by atoms with Gasteiger partial charge in [-0.15, -0.1) is 11.3 Å². The van der Waals surface area contributed by atoms with Crippen molar-refractivity contribution in [2.24, 2.45) is 4.99 Å². The van der Waals surface area contributed by atoms with Crippen LogP contribution in [0.1, 0.15) is 24.5 Å². The molecule has 6 heteroatoms. The predicted molar refractivity (Wildman–Crippen MR) is 87.4 cm³/mol. The molecular formula is C14H27N5S. The SMILES string of the molecule is CN=C(NCCN(C)C(C)C)N(C)Cc1csc(C)n1. The molecule has 0 spiro atoms. The number of nitrogens with one attached hydrogen (secondary N) is 1. The van der Waals surface area contributed by atoms with E-state index >= 15 is 0 Å². The van der Waals surface area contributed by atoms with Gasteiger partial charge in [0.15, 0.2) is 5.96 Å². The molecule has 1 N–H and O–H groups in total. The first-order valence-corrected chi connectivity index (χ1v) is 7.85. The third-order valence-electron chi connectivity index (χ3n) is 3.27. The van der Waals surface area contributed by atoms with Gasteiger partial charge >= 0.3 is 0 Å². The molecule has 0 aliphatic rings. The van der Waals surface area contributed by atoms with Crippen molar-refractivity contribution < 1.29 is 0 Å². The number of rotatable bonds is 6. The van der Waals surface area contributed by atoms with Gasteiger partial charge in [-0.25, -0.2) is 4.98 Å². The zero-order valence-electron chi connectivity index (χ0n) is 13.5. The normalized spacial score (nSPS) is 12.3. The van der Waals surface area contributed by atoms with Gasteiger partial charge in [0, 0.05) is 38.6 Å². The molecule has 0 bridgehead atoms. The molecule has 0 fully saturated rings. The molecule has 0 amide bonds. The van der Waals surface area contributed by atoms with Crippen LogP contribution < -0.4 is 5.32 Å². The minimum atomic E-state index is 0.564. The van der Waals surface area contributed by atoms with Crippen LogP contribution >= 0.6 is 11.3 Å². The van der Waals surface area contributed by atoms with E-state index in [9.17, 15) is 0 Å². The fraction of sp³-hybridized carbons (Fsp3) is 0.714. The number of nitrogens with zero attached hydrogens (tertiary/aromatic N) is 4. The van der Waals surface area contributed by atoms with Crippen molar-refractivity contribution in [2.45, 2.75) is 33.4 Å². The van der Waals surface area contributed by atoms with E-state index in [0.717, 1.165) is 36.3 Å². The standard InChI is InChI=1S/C14H27N5S/c1-11(2)18(5)8-7-16-14(15-4)19(6)9-13-10-20-12(3)17-13/h10-11H,7-9H2,1-6H3,(H,15,16). The van der Waals surface area contributed by atoms with Crippen LogP contribution in [0.3, 0.4) is 0 Å². The fourth-order valence-electron chi connectivity index (χ4n) is 1.79. The minimum Gasteiger partial charge on any atom is -0.355 e. The first-order chi connectivity index (χ1) is 9.43. The first-order valence-electron chi connectivity index (χ1n) is 6.97. The maximum absolute atomic E-state index is 4.48. The minimum absolute atomic E-state index is 0.564. The van der Waals surface area contributed by atoms with Crippen LogP contribution in [-0.4, -0.2) is 61.0 Å². The number of guanidine groups is 1. The third kappa shape index (κ3) is 5.46. The highest BCUT2D eigenvalue weighted by Crippen LogP contribution is 2.09. The van der Waals surface area contributed by atoms with Gasteiger partial charge in [-0.05, 0) is 27.8 Å². The lowest BCUT2D eigenvalue weighted by molar-refractivity contribution is 0.277. The highest BCUT2D eigenvalue weighted by Gasteiger charge is 2.09. The molecule has 0 aromatic carbocycles. The Kier molecular flexibility index (Phi) is 6.95. The summed E-state index contributed by atoms with van der Waals surface area (Å²) in [7, 11) is 5.99. The quantitative estimate of drug-likeness (QED) is 0.642. The smallest absolute Gasteiger partial charge is 0.193 e. The van der Waals surface area contributed by atoms with E-state index in [1.807, 2.05) is 21.0 Å². The summed E-state index contributed by atoms with van der Waals surface area (Å²) in [5, 5.41) is 6.60. The number of aromatic nitrogens is 1. The van der Waals surface area contributed by atoms with E-state index in [0.29, 0.717) is 6.04 Å². The number of hydrogen-bond acceptors (Lipinski definition) is 4. The number of thiazole rings is 1. The molecule has 0 aliphatic heterocycles. The van der Waals surface area contributed by atoms with Crippen molar-refractivity contribution in [3.63, 3.8) is 0 Å². The summed E-state index contributed by atoms with van der Waals surface area (Å²) in [5.41, 5.74) is 1.09. The van der Waals surface area contributed by atoms with E-state index < -0.39 is 0 Å². The topological polar surface area (TPSA) is 43.8 Å². The Labute approximate surface area is 126 Å². The Bertz CT molecular complexity index is 427. The van der Waals surface area contributed by atoms with Crippen LogP contribution in [-0.2, 0) is 6.54 Å². The van der Waals surface area contributed by atoms with E-state index in [4.69, 9.17) is 0 Å². The number of aryl methyl sites for hydroxylation is 1. The van der Waals surface area contributed by atoms with Gasteiger partial charge in [0.25, 0.3) is 0 Å². The highest BCUT2D eigenvalue weighted by molar-refractivity contribution is 7.09. The molecule has 1 aromatic rings. The van der Waals surface area contributed by atoms with Crippen molar-refractivity contribution in [1.82, 2.24) is 20.1 Å². The molecule has 0 unspecified atom stereocenters.